The lowest BCUT2D eigenvalue weighted by atomic mass is 9.82. The van der Waals surface area contributed by atoms with Crippen molar-refractivity contribution < 1.29 is 0 Å². The molecule has 0 fully saturated rings. The van der Waals surface area contributed by atoms with Gasteiger partial charge in [0.2, 0.25) is 0 Å². The first-order chi connectivity index (χ1) is 9.92. The predicted molar refractivity (Wildman–Crippen MR) is 99.3 cm³/mol. The van der Waals surface area contributed by atoms with E-state index in [9.17, 15) is 0 Å². The van der Waals surface area contributed by atoms with E-state index in [2.05, 4.69) is 101 Å². The summed E-state index contributed by atoms with van der Waals surface area (Å²) in [4.78, 5) is 0.359. The molecule has 0 bridgehead atoms. The van der Waals surface area contributed by atoms with E-state index in [1.54, 1.807) is 0 Å². The van der Waals surface area contributed by atoms with Gasteiger partial charge < -0.3 is 0 Å². The van der Waals surface area contributed by atoms with E-state index in [4.69, 9.17) is 0 Å². The van der Waals surface area contributed by atoms with Gasteiger partial charge in [0.1, 0.15) is 0 Å². The van der Waals surface area contributed by atoms with Crippen LogP contribution in [0.15, 0.2) is 53.0 Å². The van der Waals surface area contributed by atoms with Crippen molar-refractivity contribution in [3.63, 3.8) is 0 Å². The highest BCUT2D eigenvalue weighted by atomic mass is 79.9. The highest BCUT2D eigenvalue weighted by Crippen LogP contribution is 2.31. The Morgan fingerprint density at radius 2 is 1.52 bits per heavy atom. The molecule has 0 amide bonds. The number of halogens is 2. The van der Waals surface area contributed by atoms with Gasteiger partial charge in [-0.3, -0.25) is 0 Å². The molecule has 0 aliphatic heterocycles. The molecule has 21 heavy (non-hydrogen) atoms. The lowest BCUT2D eigenvalue weighted by Crippen LogP contribution is -2.15. The molecule has 0 nitrogen and oxygen atoms in total. The van der Waals surface area contributed by atoms with Crippen LogP contribution in [0.5, 0.6) is 0 Å². The number of rotatable bonds is 5. The summed E-state index contributed by atoms with van der Waals surface area (Å²) in [5, 5.41) is 0. The number of hydrogen-bond donors (Lipinski definition) is 0. The van der Waals surface area contributed by atoms with Gasteiger partial charge in [-0.05, 0) is 47.1 Å². The van der Waals surface area contributed by atoms with E-state index in [0.717, 1.165) is 17.3 Å². The van der Waals surface area contributed by atoms with Gasteiger partial charge in [-0.1, -0.05) is 89.0 Å². The van der Waals surface area contributed by atoms with Gasteiger partial charge in [0.15, 0.2) is 0 Å². The molecule has 1 unspecified atom stereocenters. The normalized spacial score (nSPS) is 13.2. The van der Waals surface area contributed by atoms with Crippen LogP contribution in [0.3, 0.4) is 0 Å². The first kappa shape index (κ1) is 16.8. The van der Waals surface area contributed by atoms with Gasteiger partial charge in [-0.25, -0.2) is 0 Å². The Morgan fingerprint density at radius 3 is 2.05 bits per heavy atom. The zero-order valence-corrected chi connectivity index (χ0v) is 16.0. The van der Waals surface area contributed by atoms with Crippen molar-refractivity contribution in [2.45, 2.75) is 43.9 Å². The smallest absolute Gasteiger partial charge is 0.0435 e. The van der Waals surface area contributed by atoms with Crippen LogP contribution in [0, 0.1) is 0 Å². The summed E-state index contributed by atoms with van der Waals surface area (Å²) >= 11 is 7.30. The van der Waals surface area contributed by atoms with Gasteiger partial charge in [0, 0.05) is 9.30 Å². The molecule has 0 aliphatic rings. The highest BCUT2D eigenvalue weighted by Gasteiger charge is 2.18. The molecule has 0 heterocycles. The van der Waals surface area contributed by atoms with E-state index >= 15 is 0 Å². The molecule has 0 N–H and O–H groups in total. The van der Waals surface area contributed by atoms with Gasteiger partial charge in [-0.2, -0.15) is 0 Å². The van der Waals surface area contributed by atoms with Crippen LogP contribution >= 0.6 is 31.9 Å². The van der Waals surface area contributed by atoms with Gasteiger partial charge in [0.25, 0.3) is 0 Å². The molecule has 2 aromatic carbocycles. The average molecular weight is 410 g/mol. The molecule has 0 radical (unpaired) electrons. The van der Waals surface area contributed by atoms with Gasteiger partial charge >= 0.3 is 0 Å². The summed E-state index contributed by atoms with van der Waals surface area (Å²) in [6.07, 6.45) is 2.16. The van der Waals surface area contributed by atoms with Crippen molar-refractivity contribution in [1.29, 1.82) is 0 Å². The summed E-state index contributed by atoms with van der Waals surface area (Å²) in [6, 6.07) is 17.6. The molecule has 0 aliphatic carbocycles. The minimum absolute atomic E-state index is 0.256. The van der Waals surface area contributed by atoms with E-state index in [0.29, 0.717) is 4.83 Å². The zero-order valence-electron chi connectivity index (χ0n) is 12.9. The predicted octanol–water partition coefficient (Wildman–Crippen LogP) is 6.82. The molecule has 112 valence electrons. The van der Waals surface area contributed by atoms with Crippen LogP contribution in [0.25, 0.3) is 0 Å². The summed E-state index contributed by atoms with van der Waals surface area (Å²) in [6.45, 7) is 6.85. The van der Waals surface area contributed by atoms with Crippen molar-refractivity contribution in [2.24, 2.45) is 0 Å². The Labute approximate surface area is 145 Å². The van der Waals surface area contributed by atoms with E-state index < -0.39 is 0 Å². The molecular weight excluding hydrogens is 388 g/mol. The van der Waals surface area contributed by atoms with Crippen molar-refractivity contribution >= 4 is 31.9 Å². The quantitative estimate of drug-likeness (QED) is 0.475. The second kappa shape index (κ2) is 7.11. The molecule has 0 aromatic heterocycles. The molecule has 2 heteroatoms. The third-order valence-electron chi connectivity index (χ3n) is 4.27. The lowest BCUT2D eigenvalue weighted by molar-refractivity contribution is 0.506. The maximum Gasteiger partial charge on any atom is 0.0435 e. The fraction of sp³-hybridized carbons (Fsp3) is 0.368. The van der Waals surface area contributed by atoms with E-state index in [1.807, 2.05) is 0 Å². The van der Waals surface area contributed by atoms with Crippen molar-refractivity contribution in [1.82, 2.24) is 0 Å². The molecule has 0 saturated carbocycles. The van der Waals surface area contributed by atoms with Crippen LogP contribution in [-0.4, -0.2) is 0 Å². The maximum absolute atomic E-state index is 3.82. The summed E-state index contributed by atoms with van der Waals surface area (Å²) in [7, 11) is 0. The van der Waals surface area contributed by atoms with Gasteiger partial charge in [-0.15, -0.1) is 0 Å². The number of hydrogen-bond acceptors (Lipinski definition) is 0. The molecule has 0 spiro atoms. The van der Waals surface area contributed by atoms with Crippen LogP contribution < -0.4 is 0 Å². The Hall–Kier alpha value is -0.600. The topological polar surface area (TPSA) is 0 Å². The maximum atomic E-state index is 3.82. The van der Waals surface area contributed by atoms with Gasteiger partial charge in [0.05, 0.1) is 0 Å². The lowest BCUT2D eigenvalue weighted by Gasteiger charge is -2.24. The SMILES string of the molecule is CCC(C)(C)c1ccc(C(Br)Cc2ccc(Br)cc2)cc1. The van der Waals surface area contributed by atoms with Crippen LogP contribution in [-0.2, 0) is 11.8 Å². The summed E-state index contributed by atoms with van der Waals surface area (Å²) in [5.74, 6) is 0. The Kier molecular flexibility index (Phi) is 5.67. The first-order valence-electron chi connectivity index (χ1n) is 7.41. The fourth-order valence-electron chi connectivity index (χ4n) is 2.29. The molecule has 2 rings (SSSR count). The second-order valence-corrected chi connectivity index (χ2v) is 8.18. The van der Waals surface area contributed by atoms with Crippen molar-refractivity contribution in [2.75, 3.05) is 0 Å². The van der Waals surface area contributed by atoms with Crippen LogP contribution in [0.1, 0.15) is 48.7 Å². The summed E-state index contributed by atoms with van der Waals surface area (Å²) < 4.78 is 1.13. The molecule has 1 atom stereocenters. The summed E-state index contributed by atoms with van der Waals surface area (Å²) in [5.41, 5.74) is 4.36. The van der Waals surface area contributed by atoms with Crippen molar-refractivity contribution in [3.8, 4) is 0 Å². The zero-order chi connectivity index (χ0) is 15.5. The Morgan fingerprint density at radius 1 is 0.952 bits per heavy atom. The molecule has 2 aromatic rings. The van der Waals surface area contributed by atoms with Crippen molar-refractivity contribution in [3.05, 3.63) is 69.7 Å². The average Bonchev–Trinajstić information content (AvgIpc) is 2.49. The van der Waals surface area contributed by atoms with Crippen LogP contribution in [0.4, 0.5) is 0 Å². The standard InChI is InChI=1S/C19H22Br2/c1-4-19(2,3)16-9-7-15(8-10-16)18(21)13-14-5-11-17(20)12-6-14/h5-12,18H,4,13H2,1-3H3. The van der Waals surface area contributed by atoms with Crippen LogP contribution in [0.2, 0.25) is 0 Å². The number of alkyl halides is 1. The van der Waals surface area contributed by atoms with E-state index in [-0.39, 0.29) is 5.41 Å². The molecular formula is C19H22Br2. The van der Waals surface area contributed by atoms with E-state index in [1.165, 1.54) is 16.7 Å². The Bertz CT molecular complexity index is 568. The first-order valence-corrected chi connectivity index (χ1v) is 9.12. The largest absolute Gasteiger partial charge is 0.0835 e. The monoisotopic (exact) mass is 408 g/mol. The molecule has 0 saturated heterocycles. The highest BCUT2D eigenvalue weighted by molar-refractivity contribution is 9.10. The Balaban J connectivity index is 2.09. The minimum Gasteiger partial charge on any atom is -0.0835 e. The minimum atomic E-state index is 0.256. The third kappa shape index (κ3) is 4.43. The second-order valence-electron chi connectivity index (χ2n) is 6.16. The third-order valence-corrected chi connectivity index (χ3v) is 5.65. The number of benzene rings is 2. The fourth-order valence-corrected chi connectivity index (χ4v) is 3.24.